The molecule has 1 saturated carbocycles. The molecule has 0 atom stereocenters. The molecule has 0 bridgehead atoms. The molecule has 1 aliphatic rings. The van der Waals surface area contributed by atoms with E-state index in [1.807, 2.05) is 12.1 Å². The SMILES string of the molecule is N#Cc1cc(Br)ccc1NCC1(O)CCCC1. The Morgan fingerprint density at radius 3 is 2.76 bits per heavy atom. The first kappa shape index (κ1) is 12.4. The number of halogens is 1. The van der Waals surface area contributed by atoms with Gasteiger partial charge in [-0.1, -0.05) is 28.8 Å². The van der Waals surface area contributed by atoms with Crippen LogP contribution in [-0.2, 0) is 0 Å². The smallest absolute Gasteiger partial charge is 0.101 e. The minimum absolute atomic E-state index is 0.517. The van der Waals surface area contributed by atoms with Crippen molar-refractivity contribution in [2.24, 2.45) is 0 Å². The summed E-state index contributed by atoms with van der Waals surface area (Å²) in [7, 11) is 0. The number of aliphatic hydroxyl groups is 1. The van der Waals surface area contributed by atoms with Gasteiger partial charge in [0.2, 0.25) is 0 Å². The molecule has 0 amide bonds. The van der Waals surface area contributed by atoms with Gasteiger partial charge in [-0.05, 0) is 31.0 Å². The molecule has 90 valence electrons. The maximum absolute atomic E-state index is 10.2. The van der Waals surface area contributed by atoms with Gasteiger partial charge in [-0.3, -0.25) is 0 Å². The molecule has 3 nitrogen and oxygen atoms in total. The molecule has 0 radical (unpaired) electrons. The lowest BCUT2D eigenvalue weighted by Crippen LogP contribution is -2.33. The van der Waals surface area contributed by atoms with Crippen molar-refractivity contribution < 1.29 is 5.11 Å². The molecule has 0 aromatic heterocycles. The number of nitrogens with zero attached hydrogens (tertiary/aromatic N) is 1. The summed E-state index contributed by atoms with van der Waals surface area (Å²) in [5, 5.41) is 22.4. The highest BCUT2D eigenvalue weighted by atomic mass is 79.9. The summed E-state index contributed by atoms with van der Waals surface area (Å²) in [5.41, 5.74) is 0.789. The Morgan fingerprint density at radius 2 is 2.12 bits per heavy atom. The minimum atomic E-state index is -0.597. The van der Waals surface area contributed by atoms with Crippen molar-refractivity contribution in [3.05, 3.63) is 28.2 Å². The van der Waals surface area contributed by atoms with E-state index in [2.05, 4.69) is 27.3 Å². The first-order chi connectivity index (χ1) is 8.13. The van der Waals surface area contributed by atoms with Crippen LogP contribution < -0.4 is 5.32 Å². The van der Waals surface area contributed by atoms with E-state index in [4.69, 9.17) is 5.26 Å². The van der Waals surface area contributed by atoms with E-state index in [1.165, 1.54) is 0 Å². The van der Waals surface area contributed by atoms with Gasteiger partial charge in [-0.25, -0.2) is 0 Å². The van der Waals surface area contributed by atoms with Gasteiger partial charge in [0.05, 0.1) is 16.9 Å². The lowest BCUT2D eigenvalue weighted by Gasteiger charge is -2.23. The van der Waals surface area contributed by atoms with Gasteiger partial charge in [0.1, 0.15) is 6.07 Å². The molecule has 4 heteroatoms. The first-order valence-corrected chi connectivity index (χ1v) is 6.58. The van der Waals surface area contributed by atoms with Crippen LogP contribution >= 0.6 is 15.9 Å². The monoisotopic (exact) mass is 294 g/mol. The lowest BCUT2D eigenvalue weighted by molar-refractivity contribution is 0.0615. The third-order valence-electron chi connectivity index (χ3n) is 3.24. The number of hydrogen-bond acceptors (Lipinski definition) is 3. The molecule has 2 rings (SSSR count). The molecule has 0 saturated heterocycles. The number of benzene rings is 1. The molecule has 1 aliphatic carbocycles. The number of anilines is 1. The molecule has 0 unspecified atom stereocenters. The van der Waals surface area contributed by atoms with Gasteiger partial charge in [0.25, 0.3) is 0 Å². The van der Waals surface area contributed by atoms with E-state index >= 15 is 0 Å². The second-order valence-electron chi connectivity index (χ2n) is 4.59. The Morgan fingerprint density at radius 1 is 1.41 bits per heavy atom. The van der Waals surface area contributed by atoms with Crippen LogP contribution in [0.3, 0.4) is 0 Å². The van der Waals surface area contributed by atoms with Gasteiger partial charge in [-0.15, -0.1) is 0 Å². The van der Waals surface area contributed by atoms with E-state index in [-0.39, 0.29) is 0 Å². The zero-order valence-corrected chi connectivity index (χ0v) is 11.1. The second-order valence-corrected chi connectivity index (χ2v) is 5.50. The lowest BCUT2D eigenvalue weighted by atomic mass is 10.0. The number of rotatable bonds is 3. The predicted molar refractivity (Wildman–Crippen MR) is 70.8 cm³/mol. The molecular formula is C13H15BrN2O. The molecule has 1 aromatic rings. The van der Waals surface area contributed by atoms with Gasteiger partial charge in [0.15, 0.2) is 0 Å². The van der Waals surface area contributed by atoms with Crippen LogP contribution in [0.5, 0.6) is 0 Å². The molecule has 0 aliphatic heterocycles. The third kappa shape index (κ3) is 2.99. The number of nitriles is 1. The van der Waals surface area contributed by atoms with E-state index < -0.39 is 5.60 Å². The summed E-state index contributed by atoms with van der Waals surface area (Å²) in [4.78, 5) is 0. The maximum atomic E-state index is 10.2. The molecule has 0 spiro atoms. The average molecular weight is 295 g/mol. The normalized spacial score (nSPS) is 17.7. The summed E-state index contributed by atoms with van der Waals surface area (Å²) in [6, 6.07) is 7.68. The number of hydrogen-bond donors (Lipinski definition) is 2. The average Bonchev–Trinajstić information content (AvgIpc) is 2.75. The van der Waals surface area contributed by atoms with Crippen LogP contribution in [0.25, 0.3) is 0 Å². The van der Waals surface area contributed by atoms with Crippen molar-refractivity contribution in [1.29, 1.82) is 5.26 Å². The molecule has 17 heavy (non-hydrogen) atoms. The Labute approximate surface area is 110 Å². The van der Waals surface area contributed by atoms with E-state index in [9.17, 15) is 5.11 Å². The topological polar surface area (TPSA) is 56.0 Å². The zero-order valence-electron chi connectivity index (χ0n) is 9.54. The third-order valence-corrected chi connectivity index (χ3v) is 3.74. The summed E-state index contributed by atoms with van der Waals surface area (Å²) >= 11 is 3.34. The summed E-state index contributed by atoms with van der Waals surface area (Å²) in [6.45, 7) is 0.517. The van der Waals surface area contributed by atoms with Crippen LogP contribution in [0.2, 0.25) is 0 Å². The van der Waals surface area contributed by atoms with E-state index in [0.717, 1.165) is 35.8 Å². The van der Waals surface area contributed by atoms with Crippen molar-refractivity contribution in [1.82, 2.24) is 0 Å². The molecular weight excluding hydrogens is 280 g/mol. The molecule has 1 fully saturated rings. The summed E-state index contributed by atoms with van der Waals surface area (Å²) in [5.74, 6) is 0. The molecule has 0 heterocycles. The highest BCUT2D eigenvalue weighted by molar-refractivity contribution is 9.10. The highest BCUT2D eigenvalue weighted by Crippen LogP contribution is 2.30. The predicted octanol–water partition coefficient (Wildman–Crippen LogP) is 3.04. The number of nitrogens with one attached hydrogen (secondary N) is 1. The van der Waals surface area contributed by atoms with Gasteiger partial charge in [-0.2, -0.15) is 5.26 Å². The van der Waals surface area contributed by atoms with Crippen LogP contribution in [0.1, 0.15) is 31.2 Å². The van der Waals surface area contributed by atoms with Crippen molar-refractivity contribution in [3.63, 3.8) is 0 Å². The molecule has 2 N–H and O–H groups in total. The van der Waals surface area contributed by atoms with Crippen LogP contribution in [0.15, 0.2) is 22.7 Å². The van der Waals surface area contributed by atoms with Crippen molar-refractivity contribution in [3.8, 4) is 6.07 Å². The molecule has 1 aromatic carbocycles. The highest BCUT2D eigenvalue weighted by Gasteiger charge is 2.30. The second kappa shape index (κ2) is 5.07. The van der Waals surface area contributed by atoms with Gasteiger partial charge in [0, 0.05) is 11.0 Å². The van der Waals surface area contributed by atoms with E-state index in [0.29, 0.717) is 12.1 Å². The quantitative estimate of drug-likeness (QED) is 0.901. The van der Waals surface area contributed by atoms with Crippen LogP contribution in [0.4, 0.5) is 5.69 Å². The Hall–Kier alpha value is -1.05. The van der Waals surface area contributed by atoms with Crippen LogP contribution in [-0.4, -0.2) is 17.3 Å². The summed E-state index contributed by atoms with van der Waals surface area (Å²) < 4.78 is 0.888. The van der Waals surface area contributed by atoms with Gasteiger partial charge < -0.3 is 10.4 Å². The minimum Gasteiger partial charge on any atom is -0.388 e. The van der Waals surface area contributed by atoms with E-state index in [1.54, 1.807) is 6.07 Å². The summed E-state index contributed by atoms with van der Waals surface area (Å²) in [6.07, 6.45) is 3.87. The van der Waals surface area contributed by atoms with Crippen molar-refractivity contribution >= 4 is 21.6 Å². The Bertz CT molecular complexity index is 447. The maximum Gasteiger partial charge on any atom is 0.101 e. The van der Waals surface area contributed by atoms with Crippen molar-refractivity contribution in [2.75, 3.05) is 11.9 Å². The fourth-order valence-corrected chi connectivity index (χ4v) is 2.59. The Kier molecular flexibility index (Phi) is 3.70. The first-order valence-electron chi connectivity index (χ1n) is 5.79. The van der Waals surface area contributed by atoms with Crippen LogP contribution in [0, 0.1) is 11.3 Å². The van der Waals surface area contributed by atoms with Crippen molar-refractivity contribution in [2.45, 2.75) is 31.3 Å². The largest absolute Gasteiger partial charge is 0.388 e. The Balaban J connectivity index is 2.06. The standard InChI is InChI=1S/C13H15BrN2O/c14-11-3-4-12(10(7-11)8-15)16-9-13(17)5-1-2-6-13/h3-4,7,16-17H,1-2,5-6,9H2. The van der Waals surface area contributed by atoms with Gasteiger partial charge >= 0.3 is 0 Å². The fourth-order valence-electron chi connectivity index (χ4n) is 2.23. The fraction of sp³-hybridized carbons (Fsp3) is 0.462. The zero-order chi connectivity index (χ0) is 12.3.